The van der Waals surface area contributed by atoms with Crippen molar-refractivity contribution in [2.45, 2.75) is 127 Å². The van der Waals surface area contributed by atoms with Crippen LogP contribution in [0.4, 0.5) is 0 Å². The summed E-state index contributed by atoms with van der Waals surface area (Å²) < 4.78 is 6.07. The van der Waals surface area contributed by atoms with Crippen molar-refractivity contribution < 1.29 is 9.53 Å². The van der Waals surface area contributed by atoms with E-state index in [1.807, 2.05) is 12.1 Å². The van der Waals surface area contributed by atoms with Crippen molar-refractivity contribution >= 4 is 17.7 Å². The summed E-state index contributed by atoms with van der Waals surface area (Å²) in [4.78, 5) is 16.2. The van der Waals surface area contributed by atoms with Gasteiger partial charge in [-0.2, -0.15) is 11.8 Å². The molecule has 5 rings (SSSR count). The Morgan fingerprint density at radius 3 is 2.31 bits per heavy atom. The molecule has 0 aromatic heterocycles. The molecule has 2 aliphatic heterocycles. The van der Waals surface area contributed by atoms with Crippen LogP contribution >= 0.6 is 11.8 Å². The van der Waals surface area contributed by atoms with Crippen LogP contribution in [0, 0.1) is 18.8 Å². The van der Waals surface area contributed by atoms with Gasteiger partial charge < -0.3 is 9.64 Å². The third-order valence-electron chi connectivity index (χ3n) is 10.2. The molecule has 4 fully saturated rings. The van der Waals surface area contributed by atoms with Gasteiger partial charge >= 0.3 is 0 Å². The van der Waals surface area contributed by atoms with Gasteiger partial charge in [-0.1, -0.05) is 94.7 Å². The Kier molecular flexibility index (Phi) is 10.6. The number of ether oxygens (including phenoxy) is 1. The molecule has 3 atom stereocenters. The fourth-order valence-electron chi connectivity index (χ4n) is 7.95. The molecule has 4 aliphatic rings. The van der Waals surface area contributed by atoms with Crippen LogP contribution in [-0.2, 0) is 4.79 Å². The average molecular weight is 556 g/mol. The molecule has 1 aromatic rings. The van der Waals surface area contributed by atoms with Crippen LogP contribution in [0.3, 0.4) is 0 Å². The number of benzene rings is 1. The maximum Gasteiger partial charge on any atom is 0.261 e. The minimum absolute atomic E-state index is 0.0951. The zero-order valence-corrected chi connectivity index (χ0v) is 25.5. The number of carbonyl (C=O) groups is 1. The largest absolute Gasteiger partial charge is 0.484 e. The first kappa shape index (κ1) is 29.3. The molecule has 1 aromatic carbocycles. The van der Waals surface area contributed by atoms with E-state index in [9.17, 15) is 4.79 Å². The fourth-order valence-corrected chi connectivity index (χ4v) is 9.53. The predicted octanol–water partition coefficient (Wildman–Crippen LogP) is 7.33. The van der Waals surface area contributed by atoms with Crippen molar-refractivity contribution in [2.24, 2.45) is 11.8 Å². The molecule has 1 N–H and O–H groups in total. The number of hydrogen-bond donors (Lipinski definition) is 1. The summed E-state index contributed by atoms with van der Waals surface area (Å²) >= 11 is 2.14. The van der Waals surface area contributed by atoms with E-state index in [4.69, 9.17) is 4.74 Å². The van der Waals surface area contributed by atoms with Crippen LogP contribution in [0.25, 0.3) is 0 Å². The van der Waals surface area contributed by atoms with Crippen molar-refractivity contribution in [1.29, 1.82) is 0 Å². The lowest BCUT2D eigenvalue weighted by Gasteiger charge is -2.37. The highest BCUT2D eigenvalue weighted by atomic mass is 32.2. The Balaban J connectivity index is 1.32. The highest BCUT2D eigenvalue weighted by Crippen LogP contribution is 2.43. The van der Waals surface area contributed by atoms with Crippen molar-refractivity contribution in [3.8, 4) is 5.75 Å². The Morgan fingerprint density at radius 2 is 1.62 bits per heavy atom. The molecule has 39 heavy (non-hydrogen) atoms. The number of carbonyl (C=O) groups excluding carboxylic acids is 1. The third kappa shape index (κ3) is 7.74. The Bertz CT molecular complexity index is 893. The number of nitrogens with zero attached hydrogens (tertiary/aromatic N) is 2. The number of aryl methyl sites for hydroxylation is 1. The van der Waals surface area contributed by atoms with Crippen LogP contribution in [0.15, 0.2) is 24.3 Å². The van der Waals surface area contributed by atoms with Crippen molar-refractivity contribution in [2.75, 3.05) is 26.0 Å². The summed E-state index contributed by atoms with van der Waals surface area (Å²) in [6, 6.07) is 8.08. The monoisotopic (exact) mass is 555 g/mol. The zero-order chi connectivity index (χ0) is 27.1. The second kappa shape index (κ2) is 14.1. The molecule has 2 saturated carbocycles. The van der Waals surface area contributed by atoms with Crippen LogP contribution in [-0.4, -0.2) is 58.7 Å². The molecule has 2 saturated heterocycles. The predicted molar refractivity (Wildman–Crippen MR) is 163 cm³/mol. The molecule has 0 radical (unpaired) electrons. The molecule has 2 aliphatic carbocycles. The summed E-state index contributed by atoms with van der Waals surface area (Å²) in [6.45, 7) is 3.05. The van der Waals surface area contributed by atoms with E-state index in [2.05, 4.69) is 53.2 Å². The second-order valence-corrected chi connectivity index (χ2v) is 14.4. The second-order valence-electron chi connectivity index (χ2n) is 13.1. The maximum absolute atomic E-state index is 14.0. The Hall–Kier alpha value is -1.24. The molecule has 5 nitrogen and oxygen atoms in total. The lowest BCUT2D eigenvalue weighted by Crippen LogP contribution is -2.53. The molecule has 6 heteroatoms. The first-order chi connectivity index (χ1) is 19.0. The number of hydrogen-bond acceptors (Lipinski definition) is 5. The fraction of sp³-hybridized carbons (Fsp3) is 0.788. The van der Waals surface area contributed by atoms with Gasteiger partial charge in [-0.25, -0.2) is 10.4 Å². The van der Waals surface area contributed by atoms with Crippen LogP contribution in [0.1, 0.15) is 108 Å². The summed E-state index contributed by atoms with van der Waals surface area (Å²) in [5, 5.41) is 2.83. The van der Waals surface area contributed by atoms with Gasteiger partial charge in [-0.05, 0) is 55.9 Å². The molecular weight excluding hydrogens is 502 g/mol. The van der Waals surface area contributed by atoms with Crippen LogP contribution in [0.2, 0.25) is 0 Å². The van der Waals surface area contributed by atoms with E-state index in [1.54, 1.807) is 0 Å². The van der Waals surface area contributed by atoms with E-state index in [0.717, 1.165) is 30.6 Å². The normalized spacial score (nSPS) is 28.9. The average Bonchev–Trinajstić information content (AvgIpc) is 3.49. The van der Waals surface area contributed by atoms with Gasteiger partial charge in [0.2, 0.25) is 0 Å². The van der Waals surface area contributed by atoms with Crippen LogP contribution in [0.5, 0.6) is 5.75 Å². The minimum Gasteiger partial charge on any atom is -0.484 e. The highest BCUT2D eigenvalue weighted by Gasteiger charge is 2.46. The Morgan fingerprint density at radius 1 is 0.974 bits per heavy atom. The third-order valence-corrected chi connectivity index (χ3v) is 11.6. The highest BCUT2D eigenvalue weighted by molar-refractivity contribution is 8.00. The summed E-state index contributed by atoms with van der Waals surface area (Å²) in [5.74, 6) is 3.75. The molecule has 3 unspecified atom stereocenters. The number of hydrazine groups is 1. The quantitative estimate of drug-likeness (QED) is 0.382. The molecule has 1 amide bonds. The first-order valence-corrected chi connectivity index (χ1v) is 17.2. The molecular formula is C33H53N3O2S. The summed E-state index contributed by atoms with van der Waals surface area (Å²) in [7, 11) is 2.17. The topological polar surface area (TPSA) is 44.8 Å². The summed E-state index contributed by atoms with van der Waals surface area (Å²) in [6.07, 6.45) is 21.3. The molecule has 1 spiro atoms. The Labute approximate surface area is 242 Å². The number of thioether (sulfide) groups is 1. The zero-order valence-electron chi connectivity index (χ0n) is 24.7. The molecule has 0 bridgehead atoms. The lowest BCUT2D eigenvalue weighted by atomic mass is 9.78. The van der Waals surface area contributed by atoms with Gasteiger partial charge in [-0.15, -0.1) is 0 Å². The van der Waals surface area contributed by atoms with Crippen LogP contribution < -0.4 is 10.2 Å². The van der Waals surface area contributed by atoms with Gasteiger partial charge in [0.1, 0.15) is 5.75 Å². The SMILES string of the molecule is Cc1ccc(OCC(=O)N(CC2SCCC2C2CCCCCCC2)C2CC3(CCCCCCC3)NN2C)cc1. The van der Waals surface area contributed by atoms with Gasteiger partial charge in [0.15, 0.2) is 6.61 Å². The van der Waals surface area contributed by atoms with Gasteiger partial charge in [-0.3, -0.25) is 4.79 Å². The molecule has 218 valence electrons. The number of nitrogens with one attached hydrogen (secondary N) is 1. The number of amides is 1. The van der Waals surface area contributed by atoms with Gasteiger partial charge in [0.05, 0.1) is 6.17 Å². The van der Waals surface area contributed by atoms with E-state index in [0.29, 0.717) is 5.25 Å². The van der Waals surface area contributed by atoms with Gasteiger partial charge in [0, 0.05) is 30.8 Å². The van der Waals surface area contributed by atoms with E-state index in [1.165, 1.54) is 108 Å². The van der Waals surface area contributed by atoms with Crippen molar-refractivity contribution in [3.05, 3.63) is 29.8 Å². The van der Waals surface area contributed by atoms with Crippen molar-refractivity contribution in [1.82, 2.24) is 15.3 Å². The van der Waals surface area contributed by atoms with E-state index >= 15 is 0 Å². The lowest BCUT2D eigenvalue weighted by molar-refractivity contribution is -0.139. The maximum atomic E-state index is 14.0. The first-order valence-electron chi connectivity index (χ1n) is 16.1. The smallest absolute Gasteiger partial charge is 0.261 e. The molecule has 2 heterocycles. The number of rotatable bonds is 7. The summed E-state index contributed by atoms with van der Waals surface area (Å²) in [5.41, 5.74) is 5.25. The van der Waals surface area contributed by atoms with E-state index in [-0.39, 0.29) is 24.2 Å². The van der Waals surface area contributed by atoms with Crippen molar-refractivity contribution in [3.63, 3.8) is 0 Å². The van der Waals surface area contributed by atoms with Gasteiger partial charge in [0.25, 0.3) is 5.91 Å². The minimum atomic E-state index is 0.0951. The van der Waals surface area contributed by atoms with E-state index < -0.39 is 0 Å². The standard InChI is InChI=1S/C33H53N3O2S/c1-26-15-17-28(18-16-26)38-25-32(37)36(31-23-33(34-35(31)2)20-11-7-4-8-12-21-33)24-30-29(19-22-39-30)27-13-9-5-3-6-10-14-27/h15-18,27,29-31,34H,3-14,19-25H2,1-2H3.